The molecular formula is C24H16Cl2N2O5. The highest BCUT2D eigenvalue weighted by Crippen LogP contribution is 2.49. The molecule has 3 atom stereocenters. The largest absolute Gasteiger partial charge is 0.478 e. The SMILES string of the molecule is O=C(O)c1ccc(N2C(=O)[C@@H]3[C@@H](c4ccc(Cl)cc4Cl)N(c4ccccc4)O[C@H]3C2=O)cc1. The zero-order valence-electron chi connectivity index (χ0n) is 16.9. The first-order valence-electron chi connectivity index (χ1n) is 10.0. The van der Waals surface area contributed by atoms with E-state index >= 15 is 0 Å². The number of carboxylic acid groups (broad SMARTS) is 1. The van der Waals surface area contributed by atoms with Crippen molar-refractivity contribution in [1.29, 1.82) is 0 Å². The first-order valence-corrected chi connectivity index (χ1v) is 10.8. The van der Waals surface area contributed by atoms with Gasteiger partial charge in [-0.05, 0) is 54.1 Å². The van der Waals surface area contributed by atoms with Crippen LogP contribution >= 0.6 is 23.2 Å². The fourth-order valence-corrected chi connectivity index (χ4v) is 4.80. The number of rotatable bonds is 4. The van der Waals surface area contributed by atoms with Crippen molar-refractivity contribution < 1.29 is 24.3 Å². The van der Waals surface area contributed by atoms with Crippen molar-refractivity contribution in [2.45, 2.75) is 12.1 Å². The average Bonchev–Trinajstić information content (AvgIpc) is 3.30. The van der Waals surface area contributed by atoms with Gasteiger partial charge in [0, 0.05) is 10.0 Å². The van der Waals surface area contributed by atoms with Crippen LogP contribution < -0.4 is 9.96 Å². The molecule has 0 unspecified atom stereocenters. The smallest absolute Gasteiger partial charge is 0.335 e. The fourth-order valence-electron chi connectivity index (χ4n) is 4.28. The van der Waals surface area contributed by atoms with Crippen molar-refractivity contribution in [3.63, 3.8) is 0 Å². The summed E-state index contributed by atoms with van der Waals surface area (Å²) in [5, 5.41) is 11.5. The standard InChI is InChI=1S/C24H16Cl2N2O5/c25-14-8-11-17(18(26)12-14)20-19-21(33-28(20)16-4-2-1-3-5-16)23(30)27(22(19)29)15-9-6-13(7-10-15)24(31)32/h1-12,19-21H,(H,31,32)/t19-,20-,21-/m1/s1. The van der Waals surface area contributed by atoms with Crippen molar-refractivity contribution >= 4 is 52.4 Å². The van der Waals surface area contributed by atoms with E-state index in [4.69, 9.17) is 33.1 Å². The molecule has 5 rings (SSSR count). The van der Waals surface area contributed by atoms with Crippen LogP contribution in [0.25, 0.3) is 0 Å². The summed E-state index contributed by atoms with van der Waals surface area (Å²) < 4.78 is 0. The van der Waals surface area contributed by atoms with Crippen molar-refractivity contribution in [1.82, 2.24) is 0 Å². The number of imide groups is 1. The fraction of sp³-hybridized carbons (Fsp3) is 0.125. The number of aromatic carboxylic acids is 1. The summed E-state index contributed by atoms with van der Waals surface area (Å²) in [6.45, 7) is 0. The van der Waals surface area contributed by atoms with Crippen molar-refractivity contribution in [3.05, 3.63) is 94.0 Å². The van der Waals surface area contributed by atoms with Crippen LogP contribution in [0.4, 0.5) is 11.4 Å². The Morgan fingerprint density at radius 3 is 2.21 bits per heavy atom. The van der Waals surface area contributed by atoms with Crippen LogP contribution in [0.3, 0.4) is 0 Å². The predicted molar refractivity (Wildman–Crippen MR) is 122 cm³/mol. The molecule has 2 aliphatic rings. The van der Waals surface area contributed by atoms with Crippen molar-refractivity contribution in [2.24, 2.45) is 5.92 Å². The normalized spacial score (nSPS) is 22.1. The number of para-hydroxylation sites is 1. The summed E-state index contributed by atoms with van der Waals surface area (Å²) in [5.41, 5.74) is 1.60. The van der Waals surface area contributed by atoms with Gasteiger partial charge in [0.2, 0.25) is 5.91 Å². The molecule has 166 valence electrons. The third-order valence-electron chi connectivity index (χ3n) is 5.78. The van der Waals surface area contributed by atoms with Gasteiger partial charge >= 0.3 is 5.97 Å². The summed E-state index contributed by atoms with van der Waals surface area (Å²) in [6, 6.07) is 19.0. The maximum absolute atomic E-state index is 13.6. The highest BCUT2D eigenvalue weighted by atomic mass is 35.5. The Bertz CT molecular complexity index is 1270. The molecule has 7 nitrogen and oxygen atoms in total. The molecule has 0 aliphatic carbocycles. The van der Waals surface area contributed by atoms with Gasteiger partial charge in [0.15, 0.2) is 6.10 Å². The number of hydroxylamine groups is 1. The Labute approximate surface area is 198 Å². The van der Waals surface area contributed by atoms with E-state index in [2.05, 4.69) is 0 Å². The third-order valence-corrected chi connectivity index (χ3v) is 6.34. The summed E-state index contributed by atoms with van der Waals surface area (Å²) >= 11 is 12.6. The van der Waals surface area contributed by atoms with Crippen LogP contribution in [-0.2, 0) is 14.4 Å². The number of amides is 2. The van der Waals surface area contributed by atoms with Crippen LogP contribution in [0.15, 0.2) is 72.8 Å². The minimum Gasteiger partial charge on any atom is -0.478 e. The number of carbonyl (C=O) groups excluding carboxylic acids is 2. The van der Waals surface area contributed by atoms with Gasteiger partial charge in [-0.1, -0.05) is 47.5 Å². The Morgan fingerprint density at radius 2 is 1.58 bits per heavy atom. The highest BCUT2D eigenvalue weighted by Gasteiger charge is 2.60. The van der Waals surface area contributed by atoms with Crippen molar-refractivity contribution in [3.8, 4) is 0 Å². The molecule has 0 aromatic heterocycles. The minimum absolute atomic E-state index is 0.0513. The summed E-state index contributed by atoms with van der Waals surface area (Å²) in [4.78, 5) is 45.1. The maximum Gasteiger partial charge on any atom is 0.335 e. The van der Waals surface area contributed by atoms with Crippen LogP contribution in [0.5, 0.6) is 0 Å². The summed E-state index contributed by atoms with van der Waals surface area (Å²) in [7, 11) is 0. The molecule has 33 heavy (non-hydrogen) atoms. The van der Waals surface area contributed by atoms with Gasteiger partial charge in [-0.15, -0.1) is 0 Å². The molecule has 3 aromatic carbocycles. The van der Waals surface area contributed by atoms with E-state index in [0.29, 0.717) is 21.3 Å². The Hall–Kier alpha value is -3.39. The topological polar surface area (TPSA) is 87.2 Å². The van der Waals surface area contributed by atoms with Gasteiger partial charge in [0.05, 0.1) is 23.0 Å². The van der Waals surface area contributed by atoms with Gasteiger partial charge in [-0.25, -0.2) is 14.8 Å². The Kier molecular flexibility index (Phi) is 5.32. The molecule has 0 saturated carbocycles. The van der Waals surface area contributed by atoms with Gasteiger partial charge in [0.1, 0.15) is 5.92 Å². The second kappa shape index (κ2) is 8.19. The number of halogens is 2. The molecule has 2 saturated heterocycles. The lowest BCUT2D eigenvalue weighted by Gasteiger charge is -2.29. The summed E-state index contributed by atoms with van der Waals surface area (Å²) in [6.07, 6.45) is -1.06. The van der Waals surface area contributed by atoms with Gasteiger partial charge in [0.25, 0.3) is 5.91 Å². The average molecular weight is 483 g/mol. The molecule has 0 bridgehead atoms. The molecule has 2 heterocycles. The Balaban J connectivity index is 1.58. The monoisotopic (exact) mass is 482 g/mol. The molecule has 2 amide bonds. The van der Waals surface area contributed by atoms with Crippen LogP contribution in [0.2, 0.25) is 10.0 Å². The number of benzene rings is 3. The van der Waals surface area contributed by atoms with E-state index in [9.17, 15) is 14.4 Å². The number of carbonyl (C=O) groups is 3. The van der Waals surface area contributed by atoms with E-state index in [1.54, 1.807) is 23.3 Å². The number of nitrogens with zero attached hydrogens (tertiary/aromatic N) is 2. The molecule has 2 aliphatic heterocycles. The lowest BCUT2D eigenvalue weighted by Crippen LogP contribution is -2.37. The quantitative estimate of drug-likeness (QED) is 0.540. The molecule has 2 fully saturated rings. The summed E-state index contributed by atoms with van der Waals surface area (Å²) in [5.74, 6) is -2.95. The zero-order chi connectivity index (χ0) is 23.3. The minimum atomic E-state index is -1.10. The highest BCUT2D eigenvalue weighted by molar-refractivity contribution is 6.35. The lowest BCUT2D eigenvalue weighted by molar-refractivity contribution is -0.126. The first kappa shape index (κ1) is 21.5. The number of carboxylic acids is 1. The van der Waals surface area contributed by atoms with Crippen LogP contribution in [0.1, 0.15) is 22.0 Å². The second-order valence-corrected chi connectivity index (χ2v) is 8.53. The van der Waals surface area contributed by atoms with E-state index in [1.165, 1.54) is 24.3 Å². The third kappa shape index (κ3) is 3.54. The molecule has 1 N–H and O–H groups in total. The molecule has 3 aromatic rings. The van der Waals surface area contributed by atoms with Crippen molar-refractivity contribution in [2.75, 3.05) is 9.96 Å². The Morgan fingerprint density at radius 1 is 0.879 bits per heavy atom. The van der Waals surface area contributed by atoms with Gasteiger partial charge in [-0.3, -0.25) is 14.4 Å². The van der Waals surface area contributed by atoms with Crippen LogP contribution in [-0.4, -0.2) is 29.0 Å². The van der Waals surface area contributed by atoms with Gasteiger partial charge < -0.3 is 5.11 Å². The number of anilines is 2. The van der Waals surface area contributed by atoms with E-state index < -0.39 is 35.8 Å². The second-order valence-electron chi connectivity index (χ2n) is 7.69. The molecular weight excluding hydrogens is 467 g/mol. The first-order chi connectivity index (χ1) is 15.9. The molecule has 0 spiro atoms. The predicted octanol–water partition coefficient (Wildman–Crippen LogP) is 4.74. The molecule has 9 heteroatoms. The van der Waals surface area contributed by atoms with E-state index in [1.807, 2.05) is 30.3 Å². The number of hydrogen-bond donors (Lipinski definition) is 1. The zero-order valence-corrected chi connectivity index (χ0v) is 18.4. The lowest BCUT2D eigenvalue weighted by atomic mass is 9.90. The van der Waals surface area contributed by atoms with E-state index in [-0.39, 0.29) is 11.3 Å². The number of fused-ring (bicyclic) bond motifs is 1. The number of hydrogen-bond acceptors (Lipinski definition) is 5. The van der Waals surface area contributed by atoms with Crippen LogP contribution in [0, 0.1) is 5.92 Å². The maximum atomic E-state index is 13.6. The molecule has 0 radical (unpaired) electrons. The van der Waals surface area contributed by atoms with Gasteiger partial charge in [-0.2, -0.15) is 0 Å². The van der Waals surface area contributed by atoms with E-state index in [0.717, 1.165) is 4.90 Å².